The fourth-order valence-electron chi connectivity index (χ4n) is 2.67. The number of carbonyl (C=O) groups excluding carboxylic acids is 1. The van der Waals surface area contributed by atoms with Gasteiger partial charge in [-0.2, -0.15) is 0 Å². The van der Waals surface area contributed by atoms with Crippen LogP contribution in [0.15, 0.2) is 18.2 Å². The van der Waals surface area contributed by atoms with Crippen molar-refractivity contribution < 1.29 is 18.6 Å². The standard InChI is InChI=1S/C16H22BFO3/c1-6-20-14(19)13-11(8-7-9-12(13)18)17-10-15(2,3)16(4,5)21-17/h7-9H,6,10H2,1-5H3. The van der Waals surface area contributed by atoms with Gasteiger partial charge in [-0.3, -0.25) is 0 Å². The lowest BCUT2D eigenvalue weighted by Gasteiger charge is -2.34. The van der Waals surface area contributed by atoms with Gasteiger partial charge in [-0.05, 0) is 44.0 Å². The van der Waals surface area contributed by atoms with Crippen LogP contribution in [-0.2, 0) is 9.39 Å². The number of esters is 1. The van der Waals surface area contributed by atoms with E-state index < -0.39 is 11.8 Å². The average molecular weight is 292 g/mol. The van der Waals surface area contributed by atoms with Crippen molar-refractivity contribution in [1.82, 2.24) is 0 Å². The first-order valence-electron chi connectivity index (χ1n) is 7.33. The van der Waals surface area contributed by atoms with Crippen LogP contribution < -0.4 is 5.46 Å². The first-order valence-corrected chi connectivity index (χ1v) is 7.33. The number of carbonyl (C=O) groups is 1. The van der Waals surface area contributed by atoms with Crippen LogP contribution in [0, 0.1) is 11.2 Å². The summed E-state index contributed by atoms with van der Waals surface area (Å²) in [5, 5.41) is 0. The van der Waals surface area contributed by atoms with Crippen LogP contribution in [0.2, 0.25) is 6.32 Å². The fraction of sp³-hybridized carbons (Fsp3) is 0.562. The molecule has 21 heavy (non-hydrogen) atoms. The number of rotatable bonds is 3. The fourth-order valence-corrected chi connectivity index (χ4v) is 2.67. The quantitative estimate of drug-likeness (QED) is 0.634. The summed E-state index contributed by atoms with van der Waals surface area (Å²) >= 11 is 0. The zero-order chi connectivity index (χ0) is 15.8. The molecule has 0 spiro atoms. The third kappa shape index (κ3) is 2.84. The monoisotopic (exact) mass is 292 g/mol. The molecule has 1 saturated heterocycles. The molecule has 1 aliphatic rings. The van der Waals surface area contributed by atoms with E-state index in [0.29, 0.717) is 5.46 Å². The summed E-state index contributed by atoms with van der Waals surface area (Å²) in [7, 11) is 0. The van der Waals surface area contributed by atoms with E-state index in [1.807, 2.05) is 13.8 Å². The minimum absolute atomic E-state index is 0.00199. The summed E-state index contributed by atoms with van der Waals surface area (Å²) < 4.78 is 25.2. The molecule has 0 saturated carbocycles. The van der Waals surface area contributed by atoms with Gasteiger partial charge in [-0.15, -0.1) is 0 Å². The molecule has 0 aliphatic carbocycles. The summed E-state index contributed by atoms with van der Waals surface area (Å²) in [5.41, 5.74) is 0.177. The minimum Gasteiger partial charge on any atom is -0.462 e. The van der Waals surface area contributed by atoms with E-state index in [-0.39, 0.29) is 30.1 Å². The summed E-state index contributed by atoms with van der Waals surface area (Å²) in [6.07, 6.45) is 0.732. The largest absolute Gasteiger partial charge is 0.462 e. The van der Waals surface area contributed by atoms with E-state index in [2.05, 4.69) is 13.8 Å². The van der Waals surface area contributed by atoms with E-state index in [4.69, 9.17) is 9.39 Å². The molecule has 0 amide bonds. The van der Waals surface area contributed by atoms with Gasteiger partial charge < -0.3 is 9.39 Å². The van der Waals surface area contributed by atoms with Crippen LogP contribution >= 0.6 is 0 Å². The first kappa shape index (κ1) is 16.0. The van der Waals surface area contributed by atoms with Crippen molar-refractivity contribution >= 4 is 18.3 Å². The Morgan fingerprint density at radius 1 is 1.38 bits per heavy atom. The lowest BCUT2D eigenvalue weighted by Crippen LogP contribution is -2.38. The summed E-state index contributed by atoms with van der Waals surface area (Å²) in [6.45, 7) is 9.91. The highest BCUT2D eigenvalue weighted by Crippen LogP contribution is 2.45. The van der Waals surface area contributed by atoms with E-state index in [9.17, 15) is 9.18 Å². The molecule has 1 heterocycles. The van der Waals surface area contributed by atoms with Gasteiger partial charge in [0.15, 0.2) is 0 Å². The molecule has 0 atom stereocenters. The van der Waals surface area contributed by atoms with Gasteiger partial charge in [-0.25, -0.2) is 9.18 Å². The van der Waals surface area contributed by atoms with Crippen molar-refractivity contribution in [3.63, 3.8) is 0 Å². The first-order chi connectivity index (χ1) is 9.69. The number of hydrogen-bond acceptors (Lipinski definition) is 3. The number of benzene rings is 1. The SMILES string of the molecule is CCOC(=O)c1c(F)cccc1B1CC(C)(C)C(C)(C)O1. The van der Waals surface area contributed by atoms with Crippen molar-refractivity contribution in [2.24, 2.45) is 5.41 Å². The lowest BCUT2D eigenvalue weighted by atomic mass is 9.53. The van der Waals surface area contributed by atoms with Crippen LogP contribution in [0.4, 0.5) is 4.39 Å². The zero-order valence-electron chi connectivity index (χ0n) is 13.3. The van der Waals surface area contributed by atoms with Crippen LogP contribution in [0.1, 0.15) is 45.0 Å². The molecule has 1 aromatic carbocycles. The maximum Gasteiger partial charge on any atom is 0.340 e. The predicted octanol–water partition coefficient (Wildman–Crippen LogP) is 3.04. The van der Waals surface area contributed by atoms with Crippen LogP contribution in [0.25, 0.3) is 0 Å². The molecular weight excluding hydrogens is 270 g/mol. The van der Waals surface area contributed by atoms with Gasteiger partial charge >= 0.3 is 12.9 Å². The van der Waals surface area contributed by atoms with E-state index >= 15 is 0 Å². The normalized spacial score (nSPS) is 19.6. The second kappa shape index (κ2) is 5.45. The zero-order valence-corrected chi connectivity index (χ0v) is 13.3. The highest BCUT2D eigenvalue weighted by Gasteiger charge is 2.50. The molecule has 1 aliphatic heterocycles. The van der Waals surface area contributed by atoms with Crippen molar-refractivity contribution in [3.8, 4) is 0 Å². The molecule has 0 unspecified atom stereocenters. The predicted molar refractivity (Wildman–Crippen MR) is 81.5 cm³/mol. The molecule has 2 rings (SSSR count). The molecule has 0 aromatic heterocycles. The van der Waals surface area contributed by atoms with Gasteiger partial charge in [-0.1, -0.05) is 26.0 Å². The number of ether oxygens (including phenoxy) is 1. The highest BCUT2D eigenvalue weighted by atomic mass is 19.1. The molecule has 114 valence electrons. The molecule has 0 bridgehead atoms. The lowest BCUT2D eigenvalue weighted by molar-refractivity contribution is 0.0373. The van der Waals surface area contributed by atoms with Gasteiger partial charge in [0.25, 0.3) is 0 Å². The summed E-state index contributed by atoms with van der Waals surface area (Å²) in [5.74, 6) is -1.19. The Morgan fingerprint density at radius 2 is 2.05 bits per heavy atom. The molecule has 5 heteroatoms. The second-order valence-corrected chi connectivity index (χ2v) is 6.63. The van der Waals surface area contributed by atoms with Crippen LogP contribution in [-0.4, -0.2) is 25.1 Å². The third-order valence-electron chi connectivity index (χ3n) is 4.63. The average Bonchev–Trinajstić information content (AvgIpc) is 2.58. The number of hydrogen-bond donors (Lipinski definition) is 0. The van der Waals surface area contributed by atoms with Crippen molar-refractivity contribution in [2.45, 2.75) is 46.5 Å². The molecule has 1 aromatic rings. The Kier molecular flexibility index (Phi) is 4.16. The van der Waals surface area contributed by atoms with E-state index in [0.717, 1.165) is 6.32 Å². The second-order valence-electron chi connectivity index (χ2n) is 6.63. The van der Waals surface area contributed by atoms with Crippen molar-refractivity contribution in [3.05, 3.63) is 29.6 Å². The maximum absolute atomic E-state index is 14.1. The Hall–Kier alpha value is -1.36. The molecular formula is C16H22BFO3. The smallest absolute Gasteiger partial charge is 0.340 e. The third-order valence-corrected chi connectivity index (χ3v) is 4.63. The Labute approximate surface area is 125 Å². The van der Waals surface area contributed by atoms with Gasteiger partial charge in [0.2, 0.25) is 0 Å². The Morgan fingerprint density at radius 3 is 2.57 bits per heavy atom. The van der Waals surface area contributed by atoms with Gasteiger partial charge in [0.05, 0.1) is 17.8 Å². The van der Waals surface area contributed by atoms with Crippen molar-refractivity contribution in [1.29, 1.82) is 0 Å². The maximum atomic E-state index is 14.1. The van der Waals surface area contributed by atoms with E-state index in [1.54, 1.807) is 19.1 Å². The van der Waals surface area contributed by atoms with E-state index in [1.165, 1.54) is 6.07 Å². The van der Waals surface area contributed by atoms with Crippen LogP contribution in [0.3, 0.4) is 0 Å². The van der Waals surface area contributed by atoms with Gasteiger partial charge in [0.1, 0.15) is 5.82 Å². The molecule has 3 nitrogen and oxygen atoms in total. The van der Waals surface area contributed by atoms with Crippen LogP contribution in [0.5, 0.6) is 0 Å². The van der Waals surface area contributed by atoms with Crippen molar-refractivity contribution in [2.75, 3.05) is 6.61 Å². The summed E-state index contributed by atoms with van der Waals surface area (Å²) in [4.78, 5) is 12.0. The Balaban J connectivity index is 2.42. The molecule has 1 fully saturated rings. The summed E-state index contributed by atoms with van der Waals surface area (Å²) in [6, 6.07) is 4.63. The molecule has 0 radical (unpaired) electrons. The number of halogens is 1. The van der Waals surface area contributed by atoms with Gasteiger partial charge in [0, 0.05) is 0 Å². The highest BCUT2D eigenvalue weighted by molar-refractivity contribution is 6.69. The molecule has 0 N–H and O–H groups in total. The topological polar surface area (TPSA) is 35.5 Å². The Bertz CT molecular complexity index is 538. The minimum atomic E-state index is -0.628.